The van der Waals surface area contributed by atoms with Crippen molar-refractivity contribution < 1.29 is 19.1 Å². The zero-order valence-electron chi connectivity index (χ0n) is 27.0. The van der Waals surface area contributed by atoms with Crippen molar-refractivity contribution in [1.82, 2.24) is 25.9 Å². The van der Waals surface area contributed by atoms with Gasteiger partial charge in [-0.1, -0.05) is 63.6 Å². The SMILES string of the molecule is CCNC(=O)[C@H](NC(=O)C1(c2ccc3nc([C@@H](NC(=O)CC)[C@H](c4ccccc4Cl)C4(C)CC4)[nH]c3c2)CCOCC1)C(C)C. The van der Waals surface area contributed by atoms with Gasteiger partial charge in [-0.2, -0.15) is 0 Å². The lowest BCUT2D eigenvalue weighted by Crippen LogP contribution is -2.56. The molecule has 45 heavy (non-hydrogen) atoms. The maximum Gasteiger partial charge on any atom is 0.242 e. The Balaban J connectivity index is 1.55. The number of rotatable bonds is 12. The molecule has 0 spiro atoms. The molecule has 2 aliphatic rings. The average molecular weight is 636 g/mol. The van der Waals surface area contributed by atoms with Gasteiger partial charge in [-0.05, 0) is 73.3 Å². The fourth-order valence-electron chi connectivity index (χ4n) is 6.72. The summed E-state index contributed by atoms with van der Waals surface area (Å²) in [6.07, 6.45) is 3.39. The molecule has 5 rings (SSSR count). The highest BCUT2D eigenvalue weighted by Gasteiger charge is 2.51. The maximum absolute atomic E-state index is 14.1. The van der Waals surface area contributed by atoms with Gasteiger partial charge in [0.15, 0.2) is 0 Å². The topological polar surface area (TPSA) is 125 Å². The Kier molecular flexibility index (Phi) is 9.89. The van der Waals surface area contributed by atoms with Crippen LogP contribution in [0.25, 0.3) is 11.0 Å². The molecule has 3 amide bonds. The zero-order valence-corrected chi connectivity index (χ0v) is 27.7. The van der Waals surface area contributed by atoms with Gasteiger partial charge in [0.25, 0.3) is 0 Å². The number of carbonyl (C=O) groups is 3. The maximum atomic E-state index is 14.1. The van der Waals surface area contributed by atoms with E-state index in [4.69, 9.17) is 21.3 Å². The van der Waals surface area contributed by atoms with Gasteiger partial charge in [0.2, 0.25) is 17.7 Å². The predicted molar refractivity (Wildman–Crippen MR) is 176 cm³/mol. The van der Waals surface area contributed by atoms with Gasteiger partial charge in [-0.3, -0.25) is 14.4 Å². The number of halogens is 1. The van der Waals surface area contributed by atoms with E-state index < -0.39 is 17.5 Å². The first-order chi connectivity index (χ1) is 21.5. The van der Waals surface area contributed by atoms with E-state index in [-0.39, 0.29) is 35.0 Å². The van der Waals surface area contributed by atoms with Crippen molar-refractivity contribution >= 4 is 40.4 Å². The van der Waals surface area contributed by atoms with Crippen LogP contribution < -0.4 is 16.0 Å². The first kappa shape index (κ1) is 32.9. The smallest absolute Gasteiger partial charge is 0.242 e. The van der Waals surface area contributed by atoms with Crippen LogP contribution in [0.3, 0.4) is 0 Å². The largest absolute Gasteiger partial charge is 0.381 e. The molecule has 2 fully saturated rings. The van der Waals surface area contributed by atoms with E-state index in [1.165, 1.54) is 0 Å². The Morgan fingerprint density at radius 2 is 1.73 bits per heavy atom. The molecule has 2 heterocycles. The number of aromatic nitrogens is 2. The predicted octanol–water partition coefficient (Wildman–Crippen LogP) is 5.69. The van der Waals surface area contributed by atoms with Crippen molar-refractivity contribution in [3.63, 3.8) is 0 Å². The van der Waals surface area contributed by atoms with Crippen LogP contribution in [-0.4, -0.2) is 53.5 Å². The number of amides is 3. The Morgan fingerprint density at radius 1 is 1.02 bits per heavy atom. The minimum Gasteiger partial charge on any atom is -0.381 e. The van der Waals surface area contributed by atoms with E-state index in [9.17, 15) is 14.4 Å². The fourth-order valence-corrected chi connectivity index (χ4v) is 6.97. The molecule has 9 nitrogen and oxygen atoms in total. The summed E-state index contributed by atoms with van der Waals surface area (Å²) in [5.41, 5.74) is 2.45. The molecule has 2 aromatic carbocycles. The van der Waals surface area contributed by atoms with E-state index >= 15 is 0 Å². The summed E-state index contributed by atoms with van der Waals surface area (Å²) in [5.74, 6) is 0.0645. The molecule has 3 aromatic rings. The van der Waals surface area contributed by atoms with Gasteiger partial charge >= 0.3 is 0 Å². The molecule has 1 aliphatic heterocycles. The average Bonchev–Trinajstić information content (AvgIpc) is 3.62. The van der Waals surface area contributed by atoms with Crippen molar-refractivity contribution in [2.75, 3.05) is 19.8 Å². The van der Waals surface area contributed by atoms with Crippen LogP contribution in [0.5, 0.6) is 0 Å². The lowest BCUT2D eigenvalue weighted by Gasteiger charge is -2.37. The molecule has 4 N–H and O–H groups in total. The fraction of sp³-hybridized carbons (Fsp3) is 0.543. The summed E-state index contributed by atoms with van der Waals surface area (Å²) in [6.45, 7) is 11.2. The van der Waals surface area contributed by atoms with E-state index in [0.717, 1.165) is 35.0 Å². The van der Waals surface area contributed by atoms with Crippen molar-refractivity contribution in [3.05, 3.63) is 64.4 Å². The van der Waals surface area contributed by atoms with Crippen molar-refractivity contribution in [2.24, 2.45) is 11.3 Å². The lowest BCUT2D eigenvalue weighted by atomic mass is 9.73. The number of H-pyrrole nitrogens is 1. The van der Waals surface area contributed by atoms with Gasteiger partial charge in [0.1, 0.15) is 11.9 Å². The summed E-state index contributed by atoms with van der Waals surface area (Å²) in [7, 11) is 0. The Hall–Kier alpha value is -3.43. The third-order valence-electron chi connectivity index (χ3n) is 9.72. The van der Waals surface area contributed by atoms with Crippen LogP contribution in [0.1, 0.15) is 95.6 Å². The number of fused-ring (bicyclic) bond motifs is 1. The van der Waals surface area contributed by atoms with Gasteiger partial charge in [0, 0.05) is 37.1 Å². The highest BCUT2D eigenvalue weighted by atomic mass is 35.5. The number of aromatic amines is 1. The summed E-state index contributed by atoms with van der Waals surface area (Å²) < 4.78 is 5.69. The first-order valence-corrected chi connectivity index (χ1v) is 16.6. The van der Waals surface area contributed by atoms with Gasteiger partial charge < -0.3 is 25.7 Å². The molecule has 1 aromatic heterocycles. The van der Waals surface area contributed by atoms with E-state index in [1.54, 1.807) is 0 Å². The third kappa shape index (κ3) is 6.75. The molecular formula is C35H46ClN5O4. The number of benzene rings is 2. The van der Waals surface area contributed by atoms with Crippen LogP contribution in [0.2, 0.25) is 5.02 Å². The monoisotopic (exact) mass is 635 g/mol. The third-order valence-corrected chi connectivity index (χ3v) is 10.1. The standard InChI is InChI=1S/C35H46ClN5O4/c1-6-27(42)40-30(28(34(5)14-15-34)23-10-8-9-11-24(23)36)31-38-25-13-12-22(20-26(25)39-31)35(16-18-45-19-17-35)33(44)41-29(21(3)4)32(43)37-7-2/h8-13,20-21,28-30H,6-7,14-19H2,1-5H3,(H,37,43)(H,38,39)(H,40,42)(H,41,44)/t28-,29+,30-/m0/s1. The van der Waals surface area contributed by atoms with Crippen LogP contribution >= 0.6 is 11.6 Å². The molecule has 1 saturated carbocycles. The molecule has 0 bridgehead atoms. The second-order valence-electron chi connectivity index (χ2n) is 13.2. The normalized spacial score (nSPS) is 19.0. The Bertz CT molecular complexity index is 1540. The number of ether oxygens (including phenoxy) is 1. The molecule has 0 radical (unpaired) electrons. The zero-order chi connectivity index (χ0) is 32.4. The Morgan fingerprint density at radius 3 is 2.36 bits per heavy atom. The number of likely N-dealkylation sites (N-methyl/N-ethyl adjacent to an activating group) is 1. The van der Waals surface area contributed by atoms with Gasteiger partial charge in [-0.25, -0.2) is 4.98 Å². The highest BCUT2D eigenvalue weighted by molar-refractivity contribution is 6.31. The Labute approximate surface area is 270 Å². The van der Waals surface area contributed by atoms with Crippen LogP contribution in [0.15, 0.2) is 42.5 Å². The first-order valence-electron chi connectivity index (χ1n) is 16.2. The van der Waals surface area contributed by atoms with Gasteiger partial charge in [-0.15, -0.1) is 0 Å². The number of imidazole rings is 1. The molecule has 0 unspecified atom stereocenters. The summed E-state index contributed by atoms with van der Waals surface area (Å²) in [4.78, 5) is 48.4. The van der Waals surface area contributed by atoms with Crippen LogP contribution in [0.4, 0.5) is 0 Å². The van der Waals surface area contributed by atoms with Crippen LogP contribution in [-0.2, 0) is 24.5 Å². The van der Waals surface area contributed by atoms with E-state index in [0.29, 0.717) is 49.9 Å². The molecular weight excluding hydrogens is 590 g/mol. The molecule has 3 atom stereocenters. The van der Waals surface area contributed by atoms with E-state index in [2.05, 4.69) is 27.9 Å². The van der Waals surface area contributed by atoms with Crippen molar-refractivity contribution in [2.45, 2.75) is 90.1 Å². The molecule has 1 saturated heterocycles. The number of nitrogens with one attached hydrogen (secondary N) is 4. The number of hydrogen-bond acceptors (Lipinski definition) is 5. The quantitative estimate of drug-likeness (QED) is 0.203. The van der Waals surface area contributed by atoms with Crippen molar-refractivity contribution in [1.29, 1.82) is 0 Å². The van der Waals surface area contributed by atoms with Gasteiger partial charge in [0.05, 0.1) is 22.5 Å². The van der Waals surface area contributed by atoms with Crippen LogP contribution in [0, 0.1) is 11.3 Å². The molecule has 1 aliphatic carbocycles. The summed E-state index contributed by atoms with van der Waals surface area (Å²) >= 11 is 6.76. The number of carbonyl (C=O) groups excluding carboxylic acids is 3. The summed E-state index contributed by atoms with van der Waals surface area (Å²) in [6, 6.07) is 12.7. The summed E-state index contributed by atoms with van der Waals surface area (Å²) in [5, 5.41) is 9.87. The second-order valence-corrected chi connectivity index (χ2v) is 13.6. The minimum absolute atomic E-state index is 0.0396. The number of nitrogens with zero attached hydrogens (tertiary/aromatic N) is 1. The second kappa shape index (κ2) is 13.5. The van der Waals surface area contributed by atoms with Crippen molar-refractivity contribution in [3.8, 4) is 0 Å². The minimum atomic E-state index is -0.866. The highest BCUT2D eigenvalue weighted by Crippen LogP contribution is 2.60. The lowest BCUT2D eigenvalue weighted by molar-refractivity contribution is -0.135. The van der Waals surface area contributed by atoms with E-state index in [1.807, 2.05) is 70.2 Å². The number of hydrogen-bond donors (Lipinski definition) is 4. The molecule has 242 valence electrons. The molecule has 10 heteroatoms.